The van der Waals surface area contributed by atoms with Crippen LogP contribution in [0.1, 0.15) is 36.5 Å². The molecule has 0 aliphatic rings. The first-order valence-electron chi connectivity index (χ1n) is 5.98. The molecule has 6 nitrogen and oxygen atoms in total. The lowest BCUT2D eigenvalue weighted by Gasteiger charge is -2.03. The number of non-ortho nitro benzene ring substituents is 1. The van der Waals surface area contributed by atoms with Crippen LogP contribution in [0.3, 0.4) is 0 Å². The van der Waals surface area contributed by atoms with Crippen LogP contribution >= 0.6 is 0 Å². The number of hydrogen-bond acceptors (Lipinski definition) is 5. The molecule has 0 spiro atoms. The van der Waals surface area contributed by atoms with E-state index in [1.54, 1.807) is 0 Å². The summed E-state index contributed by atoms with van der Waals surface area (Å²) in [5.74, 6) is -0.638. The Morgan fingerprint density at radius 2 is 1.84 bits per heavy atom. The van der Waals surface area contributed by atoms with Crippen LogP contribution in [0.4, 0.5) is 5.69 Å². The predicted octanol–water partition coefficient (Wildman–Crippen LogP) is 2.51. The summed E-state index contributed by atoms with van der Waals surface area (Å²) >= 11 is 0. The van der Waals surface area contributed by atoms with E-state index < -0.39 is 10.9 Å². The highest BCUT2D eigenvalue weighted by Gasteiger charge is 2.12. The SMILES string of the molecule is CCCOC(=O)CCC(=O)c1ccc([N+](=O)[O-])cc1. The third-order valence-electron chi connectivity index (χ3n) is 2.42. The minimum absolute atomic E-state index is 0.0236. The van der Waals surface area contributed by atoms with Crippen molar-refractivity contribution in [2.24, 2.45) is 0 Å². The third-order valence-corrected chi connectivity index (χ3v) is 2.42. The maximum absolute atomic E-state index is 11.7. The van der Waals surface area contributed by atoms with Gasteiger partial charge in [0, 0.05) is 24.1 Å². The number of carbonyl (C=O) groups excluding carboxylic acids is 2. The zero-order valence-corrected chi connectivity index (χ0v) is 10.6. The van der Waals surface area contributed by atoms with E-state index >= 15 is 0 Å². The first-order chi connectivity index (χ1) is 9.04. The Morgan fingerprint density at radius 3 is 2.37 bits per heavy atom. The van der Waals surface area contributed by atoms with Crippen LogP contribution in [0.25, 0.3) is 0 Å². The minimum Gasteiger partial charge on any atom is -0.466 e. The number of esters is 1. The van der Waals surface area contributed by atoms with Crippen molar-refractivity contribution in [2.45, 2.75) is 26.2 Å². The number of ketones is 1. The van der Waals surface area contributed by atoms with Gasteiger partial charge in [-0.3, -0.25) is 19.7 Å². The minimum atomic E-state index is -0.531. The quantitative estimate of drug-likeness (QED) is 0.327. The first-order valence-corrected chi connectivity index (χ1v) is 5.98. The molecule has 0 fully saturated rings. The molecule has 0 radical (unpaired) electrons. The lowest BCUT2D eigenvalue weighted by molar-refractivity contribution is -0.384. The van der Waals surface area contributed by atoms with Gasteiger partial charge in [0.25, 0.3) is 5.69 Å². The lowest BCUT2D eigenvalue weighted by Crippen LogP contribution is -2.08. The van der Waals surface area contributed by atoms with Crippen LogP contribution in [-0.4, -0.2) is 23.3 Å². The summed E-state index contributed by atoms with van der Waals surface area (Å²) < 4.78 is 4.85. The van der Waals surface area contributed by atoms with E-state index in [1.807, 2.05) is 6.92 Å². The molecule has 0 atom stereocenters. The van der Waals surface area contributed by atoms with E-state index in [-0.39, 0.29) is 24.3 Å². The molecule has 0 saturated heterocycles. The molecule has 0 N–H and O–H groups in total. The van der Waals surface area contributed by atoms with Crippen molar-refractivity contribution in [3.8, 4) is 0 Å². The highest BCUT2D eigenvalue weighted by Crippen LogP contribution is 2.13. The molecule has 1 aromatic rings. The van der Waals surface area contributed by atoms with E-state index in [2.05, 4.69) is 0 Å². The van der Waals surface area contributed by atoms with Gasteiger partial charge in [0.1, 0.15) is 0 Å². The third kappa shape index (κ3) is 4.87. The van der Waals surface area contributed by atoms with Crippen LogP contribution in [0.5, 0.6) is 0 Å². The maximum atomic E-state index is 11.7. The highest BCUT2D eigenvalue weighted by molar-refractivity contribution is 5.97. The largest absolute Gasteiger partial charge is 0.466 e. The molecule has 0 aliphatic carbocycles. The summed E-state index contributed by atoms with van der Waals surface area (Å²) in [4.78, 5) is 32.9. The first kappa shape index (κ1) is 14.8. The van der Waals surface area contributed by atoms with E-state index in [0.29, 0.717) is 12.2 Å². The van der Waals surface area contributed by atoms with Gasteiger partial charge in [0.05, 0.1) is 18.0 Å². The van der Waals surface area contributed by atoms with Crippen molar-refractivity contribution < 1.29 is 19.2 Å². The Morgan fingerprint density at radius 1 is 1.21 bits per heavy atom. The fourth-order valence-electron chi connectivity index (χ4n) is 1.42. The molecular formula is C13H15NO5. The number of nitro groups is 1. The van der Waals surface area contributed by atoms with Gasteiger partial charge in [-0.1, -0.05) is 6.92 Å². The van der Waals surface area contributed by atoms with Crippen LogP contribution in [0.2, 0.25) is 0 Å². The summed E-state index contributed by atoms with van der Waals surface area (Å²) in [6.45, 7) is 2.24. The zero-order chi connectivity index (χ0) is 14.3. The average Bonchev–Trinajstić information content (AvgIpc) is 2.42. The number of hydrogen-bond donors (Lipinski definition) is 0. The molecule has 1 aromatic carbocycles. The number of nitro benzene ring substituents is 1. The van der Waals surface area contributed by atoms with E-state index in [9.17, 15) is 19.7 Å². The molecule has 0 unspecified atom stereocenters. The fraction of sp³-hybridized carbons (Fsp3) is 0.385. The molecule has 0 aromatic heterocycles. The number of ether oxygens (including phenoxy) is 1. The van der Waals surface area contributed by atoms with Crippen molar-refractivity contribution in [2.75, 3.05) is 6.61 Å². The summed E-state index contributed by atoms with van der Waals surface area (Å²) in [6, 6.07) is 5.31. The maximum Gasteiger partial charge on any atom is 0.306 e. The van der Waals surface area contributed by atoms with Crippen molar-refractivity contribution in [1.29, 1.82) is 0 Å². The van der Waals surface area contributed by atoms with Crippen molar-refractivity contribution in [3.05, 3.63) is 39.9 Å². The van der Waals surface area contributed by atoms with Gasteiger partial charge in [-0.15, -0.1) is 0 Å². The Balaban J connectivity index is 2.49. The van der Waals surface area contributed by atoms with Gasteiger partial charge in [-0.05, 0) is 18.6 Å². The summed E-state index contributed by atoms with van der Waals surface area (Å²) in [7, 11) is 0. The van der Waals surface area contributed by atoms with Crippen LogP contribution in [-0.2, 0) is 9.53 Å². The number of benzene rings is 1. The number of carbonyl (C=O) groups is 2. The number of Topliss-reactive ketones (excluding diaryl/α,β-unsaturated/α-hetero) is 1. The van der Waals surface area contributed by atoms with Crippen LogP contribution in [0, 0.1) is 10.1 Å². The molecule has 19 heavy (non-hydrogen) atoms. The predicted molar refractivity (Wildman–Crippen MR) is 67.9 cm³/mol. The fourth-order valence-corrected chi connectivity index (χ4v) is 1.42. The van der Waals surface area contributed by atoms with Gasteiger partial charge in [0.2, 0.25) is 0 Å². The molecule has 1 rings (SSSR count). The van der Waals surface area contributed by atoms with E-state index in [4.69, 9.17) is 4.74 Å². The van der Waals surface area contributed by atoms with Crippen LogP contribution < -0.4 is 0 Å². The second-order valence-electron chi connectivity index (χ2n) is 3.95. The Hall–Kier alpha value is -2.24. The zero-order valence-electron chi connectivity index (χ0n) is 10.6. The molecule has 6 heteroatoms. The summed E-state index contributed by atoms with van der Waals surface area (Å²) in [6.07, 6.45) is 0.804. The molecular weight excluding hydrogens is 250 g/mol. The van der Waals surface area contributed by atoms with E-state index in [1.165, 1.54) is 24.3 Å². The van der Waals surface area contributed by atoms with Gasteiger partial charge in [-0.2, -0.15) is 0 Å². The monoisotopic (exact) mass is 265 g/mol. The topological polar surface area (TPSA) is 86.5 Å². The summed E-state index contributed by atoms with van der Waals surface area (Å²) in [5, 5.41) is 10.5. The normalized spacial score (nSPS) is 9.95. The Labute approximate surface area is 110 Å². The van der Waals surface area contributed by atoms with Gasteiger partial charge in [-0.25, -0.2) is 0 Å². The van der Waals surface area contributed by atoms with E-state index in [0.717, 1.165) is 6.42 Å². The molecule has 0 amide bonds. The lowest BCUT2D eigenvalue weighted by atomic mass is 10.1. The van der Waals surface area contributed by atoms with Crippen molar-refractivity contribution in [3.63, 3.8) is 0 Å². The van der Waals surface area contributed by atoms with Gasteiger partial charge in [0.15, 0.2) is 5.78 Å². The molecule has 102 valence electrons. The standard InChI is InChI=1S/C13H15NO5/c1-2-9-19-13(16)8-7-12(15)10-3-5-11(6-4-10)14(17)18/h3-6H,2,7-9H2,1H3. The van der Waals surface area contributed by atoms with Crippen LogP contribution in [0.15, 0.2) is 24.3 Å². The van der Waals surface area contributed by atoms with Crippen molar-refractivity contribution >= 4 is 17.4 Å². The van der Waals surface area contributed by atoms with Gasteiger partial charge >= 0.3 is 5.97 Å². The molecule has 0 aliphatic heterocycles. The molecule has 0 bridgehead atoms. The van der Waals surface area contributed by atoms with Crippen molar-refractivity contribution in [1.82, 2.24) is 0 Å². The second-order valence-corrected chi connectivity index (χ2v) is 3.95. The average molecular weight is 265 g/mol. The Bertz CT molecular complexity index is 466. The number of rotatable bonds is 7. The van der Waals surface area contributed by atoms with Gasteiger partial charge < -0.3 is 4.74 Å². The molecule has 0 heterocycles. The highest BCUT2D eigenvalue weighted by atomic mass is 16.6. The smallest absolute Gasteiger partial charge is 0.306 e. The summed E-state index contributed by atoms with van der Waals surface area (Å²) in [5.41, 5.74) is 0.285. The number of nitrogens with zero attached hydrogens (tertiary/aromatic N) is 1. The molecule has 0 saturated carbocycles. The Kier molecular flexibility index (Phi) is 5.66. The second kappa shape index (κ2) is 7.25.